The van der Waals surface area contributed by atoms with Crippen molar-refractivity contribution in [3.63, 3.8) is 0 Å². The number of hydrogen-bond acceptors (Lipinski definition) is 3. The van der Waals surface area contributed by atoms with Crippen LogP contribution >= 0.6 is 0 Å². The molecule has 0 radical (unpaired) electrons. The molecule has 0 N–H and O–H groups in total. The monoisotopic (exact) mass is 275 g/mol. The minimum Gasteiger partial charge on any atom is -0.460 e. The van der Waals surface area contributed by atoms with Crippen LogP contribution in [0.4, 0.5) is 0 Å². The normalized spacial score (nSPS) is 31.9. The van der Waals surface area contributed by atoms with Crippen molar-refractivity contribution in [3.8, 4) is 6.07 Å². The van der Waals surface area contributed by atoms with Crippen molar-refractivity contribution in [2.45, 2.75) is 65.4 Å². The van der Waals surface area contributed by atoms with Crippen molar-refractivity contribution in [2.75, 3.05) is 0 Å². The van der Waals surface area contributed by atoms with Gasteiger partial charge in [-0.1, -0.05) is 18.6 Å². The molecule has 0 saturated heterocycles. The zero-order chi connectivity index (χ0) is 15.0. The van der Waals surface area contributed by atoms with Gasteiger partial charge in [-0.05, 0) is 51.9 Å². The predicted molar refractivity (Wildman–Crippen MR) is 77.7 cm³/mol. The van der Waals surface area contributed by atoms with Crippen LogP contribution in [-0.4, -0.2) is 11.6 Å². The van der Waals surface area contributed by atoms with Crippen LogP contribution in [0.1, 0.15) is 59.8 Å². The molecule has 0 bridgehead atoms. The fourth-order valence-electron chi connectivity index (χ4n) is 3.82. The average Bonchev–Trinajstić information content (AvgIpc) is 2.64. The van der Waals surface area contributed by atoms with Crippen molar-refractivity contribution in [1.29, 1.82) is 5.26 Å². The third-order valence-corrected chi connectivity index (χ3v) is 4.62. The van der Waals surface area contributed by atoms with Gasteiger partial charge in [0.25, 0.3) is 0 Å². The second kappa shape index (κ2) is 5.24. The molecule has 3 nitrogen and oxygen atoms in total. The van der Waals surface area contributed by atoms with Crippen LogP contribution in [-0.2, 0) is 9.53 Å². The summed E-state index contributed by atoms with van der Waals surface area (Å²) >= 11 is 0. The van der Waals surface area contributed by atoms with Crippen molar-refractivity contribution >= 4 is 5.97 Å². The van der Waals surface area contributed by atoms with Gasteiger partial charge in [-0.3, -0.25) is 4.79 Å². The van der Waals surface area contributed by atoms with E-state index >= 15 is 0 Å². The first-order valence-corrected chi connectivity index (χ1v) is 7.58. The second-order valence-electron chi connectivity index (χ2n) is 7.33. The van der Waals surface area contributed by atoms with Crippen LogP contribution in [0.3, 0.4) is 0 Å². The number of carbonyl (C=O) groups is 1. The number of esters is 1. The highest BCUT2D eigenvalue weighted by Crippen LogP contribution is 2.61. The summed E-state index contributed by atoms with van der Waals surface area (Å²) in [4.78, 5) is 12.1. The largest absolute Gasteiger partial charge is 0.460 e. The van der Waals surface area contributed by atoms with Crippen LogP contribution < -0.4 is 0 Å². The molecule has 2 rings (SSSR count). The predicted octanol–water partition coefficient (Wildman–Crippen LogP) is 3.99. The van der Waals surface area contributed by atoms with Crippen LogP contribution in [0.25, 0.3) is 0 Å². The number of hydrogen-bond donors (Lipinski definition) is 0. The maximum atomic E-state index is 12.1. The summed E-state index contributed by atoms with van der Waals surface area (Å²) in [6.07, 6.45) is 6.40. The van der Waals surface area contributed by atoms with E-state index in [1.807, 2.05) is 20.8 Å². The molecule has 20 heavy (non-hydrogen) atoms. The Labute approximate surface area is 122 Å². The Kier molecular flexibility index (Phi) is 3.95. The van der Waals surface area contributed by atoms with Gasteiger partial charge in [0, 0.05) is 11.8 Å². The Morgan fingerprint density at radius 3 is 2.80 bits per heavy atom. The van der Waals surface area contributed by atoms with Gasteiger partial charge in [0.1, 0.15) is 5.60 Å². The molecule has 0 aliphatic heterocycles. The summed E-state index contributed by atoms with van der Waals surface area (Å²) in [5.74, 6) is 0.898. The maximum absolute atomic E-state index is 12.1. The molecule has 1 fully saturated rings. The van der Waals surface area contributed by atoms with E-state index in [2.05, 4.69) is 19.1 Å². The second-order valence-corrected chi connectivity index (χ2v) is 7.33. The summed E-state index contributed by atoms with van der Waals surface area (Å²) in [6.45, 7) is 7.83. The number of allylic oxidation sites excluding steroid dienone is 2. The first-order chi connectivity index (χ1) is 9.29. The third-order valence-electron chi connectivity index (χ3n) is 4.62. The summed E-state index contributed by atoms with van der Waals surface area (Å²) in [6, 6.07) is 2.29. The van der Waals surface area contributed by atoms with Crippen LogP contribution in [0.5, 0.6) is 0 Å². The molecule has 3 heteroatoms. The summed E-state index contributed by atoms with van der Waals surface area (Å²) in [5.41, 5.74) is 0.872. The van der Waals surface area contributed by atoms with Crippen LogP contribution in [0, 0.1) is 28.6 Å². The Morgan fingerprint density at radius 2 is 2.25 bits per heavy atom. The van der Waals surface area contributed by atoms with E-state index in [-0.39, 0.29) is 11.4 Å². The van der Waals surface area contributed by atoms with Gasteiger partial charge < -0.3 is 4.74 Å². The smallest absolute Gasteiger partial charge is 0.306 e. The fraction of sp³-hybridized carbons (Fsp3) is 0.765. The van der Waals surface area contributed by atoms with Gasteiger partial charge in [-0.2, -0.15) is 5.26 Å². The first kappa shape index (κ1) is 15.1. The van der Waals surface area contributed by atoms with Gasteiger partial charge >= 0.3 is 5.97 Å². The van der Waals surface area contributed by atoms with E-state index in [0.29, 0.717) is 24.7 Å². The summed E-state index contributed by atoms with van der Waals surface area (Å²) < 4.78 is 5.45. The van der Waals surface area contributed by atoms with Crippen LogP contribution in [0.2, 0.25) is 0 Å². The Hall–Kier alpha value is -1.30. The molecule has 0 aromatic rings. The summed E-state index contributed by atoms with van der Waals surface area (Å²) in [7, 11) is 0. The van der Waals surface area contributed by atoms with Gasteiger partial charge in [-0.15, -0.1) is 0 Å². The molecule has 3 atom stereocenters. The molecule has 0 aromatic heterocycles. The lowest BCUT2D eigenvalue weighted by molar-refractivity contribution is -0.162. The molecular weight excluding hydrogens is 250 g/mol. The lowest BCUT2D eigenvalue weighted by Crippen LogP contribution is -2.47. The van der Waals surface area contributed by atoms with Crippen molar-refractivity contribution < 1.29 is 9.53 Å². The SMILES string of the molecule is CCC1=C[C@@H]2[C@H](C1)CC2(CC#N)CC(=O)OC(C)(C)C. The van der Waals surface area contributed by atoms with Gasteiger partial charge in [0.2, 0.25) is 0 Å². The quantitative estimate of drug-likeness (QED) is 0.575. The molecular formula is C17H25NO2. The zero-order valence-corrected chi connectivity index (χ0v) is 13.0. The molecule has 0 spiro atoms. The molecule has 0 heterocycles. The highest BCUT2D eigenvalue weighted by Gasteiger charge is 2.55. The van der Waals surface area contributed by atoms with E-state index in [9.17, 15) is 4.79 Å². The lowest BCUT2D eigenvalue weighted by Gasteiger charge is -2.51. The van der Waals surface area contributed by atoms with Crippen LogP contribution in [0.15, 0.2) is 11.6 Å². The van der Waals surface area contributed by atoms with Crippen molar-refractivity contribution in [1.82, 2.24) is 0 Å². The number of carbonyl (C=O) groups excluding carboxylic acids is 1. The highest BCUT2D eigenvalue weighted by molar-refractivity contribution is 5.71. The van der Waals surface area contributed by atoms with Crippen molar-refractivity contribution in [3.05, 3.63) is 11.6 Å². The number of rotatable bonds is 4. The number of ether oxygens (including phenoxy) is 1. The van der Waals surface area contributed by atoms with Gasteiger partial charge in [0.05, 0.1) is 12.5 Å². The molecule has 1 saturated carbocycles. The first-order valence-electron chi connectivity index (χ1n) is 7.58. The number of fused-ring (bicyclic) bond motifs is 1. The topological polar surface area (TPSA) is 50.1 Å². The molecule has 0 aromatic carbocycles. The minimum absolute atomic E-state index is 0.162. The molecule has 0 amide bonds. The van der Waals surface area contributed by atoms with Gasteiger partial charge in [0.15, 0.2) is 0 Å². The molecule has 2 aliphatic rings. The molecule has 1 unspecified atom stereocenters. The minimum atomic E-state index is -0.450. The summed E-state index contributed by atoms with van der Waals surface area (Å²) in [5, 5.41) is 9.13. The van der Waals surface area contributed by atoms with E-state index in [1.54, 1.807) is 0 Å². The highest BCUT2D eigenvalue weighted by atomic mass is 16.6. The van der Waals surface area contributed by atoms with E-state index in [1.165, 1.54) is 5.57 Å². The molecule has 110 valence electrons. The van der Waals surface area contributed by atoms with E-state index in [0.717, 1.165) is 19.3 Å². The van der Waals surface area contributed by atoms with Crippen molar-refractivity contribution in [2.24, 2.45) is 17.3 Å². The number of nitriles is 1. The Balaban J connectivity index is 2.07. The average molecular weight is 275 g/mol. The Morgan fingerprint density at radius 1 is 1.55 bits per heavy atom. The lowest BCUT2D eigenvalue weighted by atomic mass is 9.52. The standard InChI is InChI=1S/C17H25NO2/c1-5-12-8-13-10-17(6-7-18,14(13)9-12)11-15(19)20-16(2,3)4/h9,13-14H,5-6,8,10-11H2,1-4H3/t13-,14-,17?/m1/s1. The number of nitrogens with zero attached hydrogens (tertiary/aromatic N) is 1. The van der Waals surface area contributed by atoms with Gasteiger partial charge in [-0.25, -0.2) is 0 Å². The van der Waals surface area contributed by atoms with E-state index in [4.69, 9.17) is 10.00 Å². The fourth-order valence-corrected chi connectivity index (χ4v) is 3.82. The molecule has 2 aliphatic carbocycles. The zero-order valence-electron chi connectivity index (χ0n) is 13.0. The third kappa shape index (κ3) is 2.90. The maximum Gasteiger partial charge on any atom is 0.306 e. The van der Waals surface area contributed by atoms with E-state index < -0.39 is 5.60 Å². The Bertz CT molecular complexity index is 466.